The number of hydrogen-bond acceptors (Lipinski definition) is 9. The highest BCUT2D eigenvalue weighted by Gasteiger charge is 2.09. The lowest BCUT2D eigenvalue weighted by atomic mass is 10.2. The standard InChI is InChI=1S/C13H12N8O2/c14-11-10-12(20-13(15)19-11)17-6-8(18-10)5-16-7-2-1-3-9(4-7)21(22)23/h1-4,6,16H,5H2,(H4,14,15,17,19,20). The Hall–Kier alpha value is -3.56. The van der Waals surface area contributed by atoms with Gasteiger partial charge in [0, 0.05) is 17.8 Å². The van der Waals surface area contributed by atoms with Gasteiger partial charge < -0.3 is 16.8 Å². The normalized spacial score (nSPS) is 10.6. The van der Waals surface area contributed by atoms with Crippen molar-refractivity contribution in [3.05, 3.63) is 46.3 Å². The summed E-state index contributed by atoms with van der Waals surface area (Å²) in [6, 6.07) is 6.18. The van der Waals surface area contributed by atoms with E-state index >= 15 is 0 Å². The van der Waals surface area contributed by atoms with Crippen molar-refractivity contribution in [1.82, 2.24) is 19.9 Å². The number of nitrogens with two attached hydrogens (primary N) is 2. The van der Waals surface area contributed by atoms with Crippen LogP contribution in [-0.2, 0) is 6.54 Å². The first-order valence-electron chi connectivity index (χ1n) is 6.56. The van der Waals surface area contributed by atoms with E-state index < -0.39 is 4.92 Å². The molecule has 0 atom stereocenters. The molecule has 0 aliphatic carbocycles. The van der Waals surface area contributed by atoms with Crippen LogP contribution in [0.3, 0.4) is 0 Å². The number of nitro groups is 1. The van der Waals surface area contributed by atoms with Gasteiger partial charge in [-0.1, -0.05) is 6.07 Å². The first kappa shape index (κ1) is 14.4. The molecule has 0 saturated carbocycles. The third-order valence-corrected chi connectivity index (χ3v) is 3.03. The Morgan fingerprint density at radius 2 is 2.04 bits per heavy atom. The summed E-state index contributed by atoms with van der Waals surface area (Å²) in [7, 11) is 0. The van der Waals surface area contributed by atoms with Crippen molar-refractivity contribution in [2.75, 3.05) is 16.8 Å². The van der Waals surface area contributed by atoms with E-state index in [4.69, 9.17) is 11.5 Å². The van der Waals surface area contributed by atoms with Gasteiger partial charge in [0.25, 0.3) is 5.69 Å². The maximum absolute atomic E-state index is 10.8. The number of aromatic nitrogens is 4. The van der Waals surface area contributed by atoms with E-state index in [0.717, 1.165) is 0 Å². The van der Waals surface area contributed by atoms with Crippen molar-refractivity contribution in [1.29, 1.82) is 0 Å². The van der Waals surface area contributed by atoms with Crippen LogP contribution in [0.1, 0.15) is 5.69 Å². The molecule has 2 heterocycles. The number of anilines is 3. The number of nitro benzene ring substituents is 1. The highest BCUT2D eigenvalue weighted by atomic mass is 16.6. The maximum atomic E-state index is 10.8. The van der Waals surface area contributed by atoms with E-state index in [2.05, 4.69) is 25.3 Å². The Balaban J connectivity index is 1.82. The van der Waals surface area contributed by atoms with E-state index in [-0.39, 0.29) is 17.5 Å². The van der Waals surface area contributed by atoms with E-state index in [9.17, 15) is 10.1 Å². The van der Waals surface area contributed by atoms with Gasteiger partial charge in [0.15, 0.2) is 17.0 Å². The smallest absolute Gasteiger partial charge is 0.271 e. The summed E-state index contributed by atoms with van der Waals surface area (Å²) >= 11 is 0. The van der Waals surface area contributed by atoms with Crippen molar-refractivity contribution >= 4 is 34.3 Å². The highest BCUT2D eigenvalue weighted by Crippen LogP contribution is 2.18. The van der Waals surface area contributed by atoms with E-state index in [1.165, 1.54) is 18.3 Å². The lowest BCUT2D eigenvalue weighted by molar-refractivity contribution is -0.384. The molecule has 0 fully saturated rings. The summed E-state index contributed by atoms with van der Waals surface area (Å²) in [6.45, 7) is 0.313. The fourth-order valence-corrected chi connectivity index (χ4v) is 1.99. The first-order valence-corrected chi connectivity index (χ1v) is 6.56. The number of nitrogens with zero attached hydrogens (tertiary/aromatic N) is 5. The van der Waals surface area contributed by atoms with Crippen LogP contribution < -0.4 is 16.8 Å². The summed E-state index contributed by atoms with van der Waals surface area (Å²) in [5, 5.41) is 13.8. The monoisotopic (exact) mass is 312 g/mol. The van der Waals surface area contributed by atoms with Gasteiger partial charge in [0.1, 0.15) is 0 Å². The van der Waals surface area contributed by atoms with Gasteiger partial charge in [-0.15, -0.1) is 0 Å². The molecule has 3 rings (SSSR count). The summed E-state index contributed by atoms with van der Waals surface area (Å²) in [6.07, 6.45) is 1.53. The van der Waals surface area contributed by atoms with Gasteiger partial charge in [-0.25, -0.2) is 9.97 Å². The molecular weight excluding hydrogens is 300 g/mol. The fourth-order valence-electron chi connectivity index (χ4n) is 1.99. The lowest BCUT2D eigenvalue weighted by Crippen LogP contribution is -2.07. The first-order chi connectivity index (χ1) is 11.0. The molecule has 1 aromatic carbocycles. The van der Waals surface area contributed by atoms with Gasteiger partial charge in [-0.3, -0.25) is 10.1 Å². The van der Waals surface area contributed by atoms with Gasteiger partial charge in [0.05, 0.1) is 23.4 Å². The van der Waals surface area contributed by atoms with Crippen molar-refractivity contribution < 1.29 is 4.92 Å². The molecule has 0 aliphatic rings. The molecule has 0 radical (unpaired) electrons. The summed E-state index contributed by atoms with van der Waals surface area (Å²) in [5.41, 5.74) is 13.1. The maximum Gasteiger partial charge on any atom is 0.271 e. The SMILES string of the molecule is Nc1nc(N)c2nc(CNc3cccc([N+](=O)[O-])c3)cnc2n1. The number of fused-ring (bicyclic) bond motifs is 1. The molecule has 3 aromatic rings. The second-order valence-electron chi connectivity index (χ2n) is 4.66. The highest BCUT2D eigenvalue weighted by molar-refractivity contribution is 5.81. The lowest BCUT2D eigenvalue weighted by Gasteiger charge is -2.07. The van der Waals surface area contributed by atoms with Gasteiger partial charge in [-0.2, -0.15) is 9.97 Å². The summed E-state index contributed by atoms with van der Waals surface area (Å²) in [5.74, 6) is 0.184. The molecule has 0 bridgehead atoms. The van der Waals surface area contributed by atoms with Crippen LogP contribution in [0.5, 0.6) is 0 Å². The quantitative estimate of drug-likeness (QED) is 0.473. The van der Waals surface area contributed by atoms with E-state index in [1.807, 2.05) is 0 Å². The molecule has 0 spiro atoms. The minimum atomic E-state index is -0.455. The molecule has 0 saturated heterocycles. The number of nitrogens with one attached hydrogen (secondary N) is 1. The third-order valence-electron chi connectivity index (χ3n) is 3.03. The number of benzene rings is 1. The molecule has 0 unspecified atom stereocenters. The van der Waals surface area contributed by atoms with Crippen molar-refractivity contribution in [2.24, 2.45) is 0 Å². The predicted octanol–water partition coefficient (Wildman–Crippen LogP) is 1.10. The average Bonchev–Trinajstić information content (AvgIpc) is 2.53. The van der Waals surface area contributed by atoms with E-state index in [1.54, 1.807) is 12.1 Å². The van der Waals surface area contributed by atoms with Crippen LogP contribution >= 0.6 is 0 Å². The zero-order valence-electron chi connectivity index (χ0n) is 11.8. The largest absolute Gasteiger partial charge is 0.382 e. The zero-order valence-corrected chi connectivity index (χ0v) is 11.8. The van der Waals surface area contributed by atoms with Crippen LogP contribution in [0.15, 0.2) is 30.5 Å². The second-order valence-corrected chi connectivity index (χ2v) is 4.66. The second kappa shape index (κ2) is 5.67. The Morgan fingerprint density at radius 3 is 2.83 bits per heavy atom. The van der Waals surface area contributed by atoms with Crippen molar-refractivity contribution in [3.8, 4) is 0 Å². The number of nitrogen functional groups attached to an aromatic ring is 2. The fraction of sp³-hybridized carbons (Fsp3) is 0.0769. The van der Waals surface area contributed by atoms with Gasteiger partial charge in [-0.05, 0) is 6.07 Å². The Kier molecular flexibility index (Phi) is 3.55. The van der Waals surface area contributed by atoms with Crippen molar-refractivity contribution in [3.63, 3.8) is 0 Å². The molecule has 10 heteroatoms. The third kappa shape index (κ3) is 3.05. The minimum absolute atomic E-state index is 0.00714. The van der Waals surface area contributed by atoms with Crippen LogP contribution in [0, 0.1) is 10.1 Å². The Labute approximate surface area is 129 Å². The number of rotatable bonds is 4. The summed E-state index contributed by atoms with van der Waals surface area (Å²) < 4.78 is 0. The van der Waals surface area contributed by atoms with Crippen molar-refractivity contribution in [2.45, 2.75) is 6.54 Å². The van der Waals surface area contributed by atoms with Crippen LogP contribution in [-0.4, -0.2) is 24.9 Å². The molecule has 2 aromatic heterocycles. The summed E-state index contributed by atoms with van der Waals surface area (Å²) in [4.78, 5) is 26.5. The van der Waals surface area contributed by atoms with Gasteiger partial charge >= 0.3 is 0 Å². The van der Waals surface area contributed by atoms with E-state index in [0.29, 0.717) is 29.1 Å². The van der Waals surface area contributed by atoms with Gasteiger partial charge in [0.2, 0.25) is 5.95 Å². The molecular formula is C13H12N8O2. The number of non-ortho nitro benzene ring substituents is 1. The Morgan fingerprint density at radius 1 is 1.22 bits per heavy atom. The molecule has 0 amide bonds. The molecule has 23 heavy (non-hydrogen) atoms. The van der Waals surface area contributed by atoms with Crippen LogP contribution in [0.4, 0.5) is 23.1 Å². The molecule has 5 N–H and O–H groups in total. The Bertz CT molecular complexity index is 898. The van der Waals surface area contributed by atoms with Crippen LogP contribution in [0.2, 0.25) is 0 Å². The average molecular weight is 312 g/mol. The number of hydrogen-bond donors (Lipinski definition) is 3. The molecule has 10 nitrogen and oxygen atoms in total. The van der Waals surface area contributed by atoms with Crippen LogP contribution in [0.25, 0.3) is 11.2 Å². The zero-order chi connectivity index (χ0) is 16.4. The molecule has 0 aliphatic heterocycles. The predicted molar refractivity (Wildman–Crippen MR) is 84.4 cm³/mol. The minimum Gasteiger partial charge on any atom is -0.382 e. The topological polar surface area (TPSA) is 159 Å². The molecule has 116 valence electrons.